The van der Waals surface area contributed by atoms with Gasteiger partial charge in [0.1, 0.15) is 5.82 Å². The van der Waals surface area contributed by atoms with Gasteiger partial charge in [0.2, 0.25) is 15.9 Å². The summed E-state index contributed by atoms with van der Waals surface area (Å²) in [7, 11) is -1.82. The van der Waals surface area contributed by atoms with Gasteiger partial charge >= 0.3 is 0 Å². The number of piperazine rings is 2. The molecule has 3 rings (SSSR count). The highest BCUT2D eigenvalue weighted by atomic mass is 32.2. The van der Waals surface area contributed by atoms with Gasteiger partial charge in [-0.15, -0.1) is 0 Å². The Balaban J connectivity index is 1.68. The molecule has 1 N–H and O–H groups in total. The van der Waals surface area contributed by atoms with Gasteiger partial charge in [-0.1, -0.05) is 6.07 Å². The second-order valence-corrected chi connectivity index (χ2v) is 9.83. The van der Waals surface area contributed by atoms with E-state index in [1.807, 2.05) is 0 Å². The summed E-state index contributed by atoms with van der Waals surface area (Å²) < 4.78 is 41.4. The molecule has 2 fully saturated rings. The van der Waals surface area contributed by atoms with Gasteiger partial charge in [0.25, 0.3) is 0 Å². The molecule has 0 aliphatic carbocycles. The Labute approximate surface area is 178 Å². The summed E-state index contributed by atoms with van der Waals surface area (Å²) in [5.41, 5.74) is 0. The number of rotatable bonds is 8. The lowest BCUT2D eigenvalue weighted by Crippen LogP contribution is -2.49. The van der Waals surface area contributed by atoms with Crippen molar-refractivity contribution in [1.29, 1.82) is 0 Å². The molecule has 1 aromatic carbocycles. The minimum absolute atomic E-state index is 0.0458. The standard InChI is InChI=1S/C20H32FN5O3S/c1-23-11-13-24(14-12-23)15-16-26(8-5-20(27)25-9-6-22-7-10-25)30(28,29)19-4-2-3-18(21)17-19/h2-4,17,22H,5-16H2,1H3. The Hall–Kier alpha value is -1.59. The smallest absolute Gasteiger partial charge is 0.243 e. The van der Waals surface area contributed by atoms with Crippen molar-refractivity contribution in [1.82, 2.24) is 24.3 Å². The number of nitrogens with one attached hydrogen (secondary N) is 1. The molecule has 10 heteroatoms. The van der Waals surface area contributed by atoms with Crippen molar-refractivity contribution in [2.24, 2.45) is 0 Å². The van der Waals surface area contributed by atoms with E-state index in [0.717, 1.165) is 45.3 Å². The molecule has 0 aromatic heterocycles. The number of carbonyl (C=O) groups excluding carboxylic acids is 1. The van der Waals surface area contributed by atoms with Gasteiger partial charge in [-0.25, -0.2) is 12.8 Å². The SMILES string of the molecule is CN1CCN(CCN(CCC(=O)N2CCNCC2)S(=O)(=O)c2cccc(F)c2)CC1. The molecule has 2 aliphatic rings. The molecule has 2 heterocycles. The van der Waals surface area contributed by atoms with E-state index in [-0.39, 0.29) is 30.3 Å². The summed E-state index contributed by atoms with van der Waals surface area (Å²) in [6.45, 7) is 7.37. The highest BCUT2D eigenvalue weighted by molar-refractivity contribution is 7.89. The van der Waals surface area contributed by atoms with Gasteiger partial charge in [-0.05, 0) is 25.2 Å². The summed E-state index contributed by atoms with van der Waals surface area (Å²) in [4.78, 5) is 18.7. The van der Waals surface area contributed by atoms with Gasteiger partial charge in [-0.3, -0.25) is 9.69 Å². The van der Waals surface area contributed by atoms with Crippen LogP contribution in [0.1, 0.15) is 6.42 Å². The van der Waals surface area contributed by atoms with E-state index in [2.05, 4.69) is 22.2 Å². The molecule has 1 amide bonds. The predicted octanol–water partition coefficient (Wildman–Crippen LogP) is -0.114. The third kappa shape index (κ3) is 6.21. The summed E-state index contributed by atoms with van der Waals surface area (Å²) in [6.07, 6.45) is 0.122. The summed E-state index contributed by atoms with van der Waals surface area (Å²) in [6, 6.07) is 5.06. The number of amides is 1. The van der Waals surface area contributed by atoms with Gasteiger partial charge < -0.3 is 15.1 Å². The monoisotopic (exact) mass is 441 g/mol. The number of benzene rings is 1. The number of sulfonamides is 1. The third-order valence-corrected chi connectivity index (χ3v) is 7.63. The minimum Gasteiger partial charge on any atom is -0.340 e. The molecule has 1 aromatic rings. The number of carbonyl (C=O) groups is 1. The molecular formula is C20H32FN5O3S. The minimum atomic E-state index is -3.89. The quantitative estimate of drug-likeness (QED) is 0.607. The van der Waals surface area contributed by atoms with Crippen molar-refractivity contribution >= 4 is 15.9 Å². The van der Waals surface area contributed by atoms with Crippen LogP contribution in [0.5, 0.6) is 0 Å². The van der Waals surface area contributed by atoms with Crippen LogP contribution >= 0.6 is 0 Å². The molecule has 0 spiro atoms. The van der Waals surface area contributed by atoms with Crippen LogP contribution < -0.4 is 5.32 Å². The van der Waals surface area contributed by atoms with Crippen molar-refractivity contribution in [3.05, 3.63) is 30.1 Å². The van der Waals surface area contributed by atoms with E-state index in [4.69, 9.17) is 0 Å². The number of nitrogens with zero attached hydrogens (tertiary/aromatic N) is 4. The first-order valence-electron chi connectivity index (χ1n) is 10.5. The van der Waals surface area contributed by atoms with Crippen molar-refractivity contribution in [3.8, 4) is 0 Å². The van der Waals surface area contributed by atoms with Gasteiger partial charge in [0.05, 0.1) is 4.90 Å². The Kier molecular flexibility index (Phi) is 8.18. The van der Waals surface area contributed by atoms with E-state index in [0.29, 0.717) is 19.6 Å². The highest BCUT2D eigenvalue weighted by Crippen LogP contribution is 2.18. The average Bonchev–Trinajstić information content (AvgIpc) is 2.75. The normalized spacial score (nSPS) is 19.4. The van der Waals surface area contributed by atoms with Gasteiger partial charge in [0, 0.05) is 78.4 Å². The van der Waals surface area contributed by atoms with Crippen molar-refractivity contribution in [2.75, 3.05) is 79.0 Å². The molecule has 2 aliphatic heterocycles. The molecule has 0 radical (unpaired) electrons. The Bertz CT molecular complexity index is 808. The topological polar surface area (TPSA) is 76.2 Å². The van der Waals surface area contributed by atoms with Gasteiger partial charge in [-0.2, -0.15) is 4.31 Å². The van der Waals surface area contributed by atoms with Crippen LogP contribution in [0.4, 0.5) is 4.39 Å². The number of hydrogen-bond donors (Lipinski definition) is 1. The number of hydrogen-bond acceptors (Lipinski definition) is 6. The molecule has 8 nitrogen and oxygen atoms in total. The molecule has 168 valence electrons. The molecule has 0 atom stereocenters. The van der Waals surface area contributed by atoms with Gasteiger partial charge in [0.15, 0.2) is 0 Å². The zero-order valence-electron chi connectivity index (χ0n) is 17.6. The predicted molar refractivity (Wildman–Crippen MR) is 113 cm³/mol. The Morgan fingerprint density at radius 2 is 1.80 bits per heavy atom. The van der Waals surface area contributed by atoms with E-state index in [1.54, 1.807) is 4.90 Å². The fraction of sp³-hybridized carbons (Fsp3) is 0.650. The lowest BCUT2D eigenvalue weighted by atomic mass is 10.3. The van der Waals surface area contributed by atoms with E-state index in [9.17, 15) is 17.6 Å². The summed E-state index contributed by atoms with van der Waals surface area (Å²) in [5, 5.41) is 3.20. The number of likely N-dealkylation sites (N-methyl/N-ethyl adjacent to an activating group) is 1. The fourth-order valence-electron chi connectivity index (χ4n) is 3.75. The van der Waals surface area contributed by atoms with E-state index >= 15 is 0 Å². The summed E-state index contributed by atoms with van der Waals surface area (Å²) in [5.74, 6) is -0.637. The molecule has 2 saturated heterocycles. The first-order valence-corrected chi connectivity index (χ1v) is 12.0. The largest absolute Gasteiger partial charge is 0.340 e. The van der Waals surface area contributed by atoms with Crippen LogP contribution in [0.3, 0.4) is 0 Å². The van der Waals surface area contributed by atoms with Crippen molar-refractivity contribution in [3.63, 3.8) is 0 Å². The zero-order chi connectivity index (χ0) is 21.6. The Morgan fingerprint density at radius 3 is 2.47 bits per heavy atom. The van der Waals surface area contributed by atoms with Crippen LogP contribution in [-0.4, -0.2) is 112 Å². The van der Waals surface area contributed by atoms with Crippen LogP contribution in [0.25, 0.3) is 0 Å². The first-order chi connectivity index (χ1) is 14.4. The second kappa shape index (κ2) is 10.6. The maximum Gasteiger partial charge on any atom is 0.243 e. The second-order valence-electron chi connectivity index (χ2n) is 7.89. The average molecular weight is 442 g/mol. The maximum atomic E-state index is 13.7. The Morgan fingerprint density at radius 1 is 1.10 bits per heavy atom. The van der Waals surface area contributed by atoms with Crippen LogP contribution in [0.15, 0.2) is 29.2 Å². The third-order valence-electron chi connectivity index (χ3n) is 5.74. The highest BCUT2D eigenvalue weighted by Gasteiger charge is 2.27. The molecule has 0 saturated carbocycles. The molecule has 0 bridgehead atoms. The zero-order valence-corrected chi connectivity index (χ0v) is 18.4. The molecule has 0 unspecified atom stereocenters. The number of halogens is 1. The lowest BCUT2D eigenvalue weighted by Gasteiger charge is -2.34. The van der Waals surface area contributed by atoms with Crippen molar-refractivity contribution in [2.45, 2.75) is 11.3 Å². The van der Waals surface area contributed by atoms with E-state index < -0.39 is 15.8 Å². The maximum absolute atomic E-state index is 13.7. The lowest BCUT2D eigenvalue weighted by molar-refractivity contribution is -0.131. The summed E-state index contributed by atoms with van der Waals surface area (Å²) >= 11 is 0. The first kappa shape index (κ1) is 23.1. The van der Waals surface area contributed by atoms with E-state index in [1.165, 1.54) is 22.5 Å². The van der Waals surface area contributed by atoms with Crippen LogP contribution in [-0.2, 0) is 14.8 Å². The molecular weight excluding hydrogens is 409 g/mol. The van der Waals surface area contributed by atoms with Crippen molar-refractivity contribution < 1.29 is 17.6 Å². The molecule has 30 heavy (non-hydrogen) atoms. The van der Waals surface area contributed by atoms with Crippen LogP contribution in [0, 0.1) is 5.82 Å². The fourth-order valence-corrected chi connectivity index (χ4v) is 5.21. The van der Waals surface area contributed by atoms with Crippen LogP contribution in [0.2, 0.25) is 0 Å².